The van der Waals surface area contributed by atoms with Gasteiger partial charge in [0.25, 0.3) is 0 Å². The third-order valence-corrected chi connectivity index (χ3v) is 2.73. The number of cyclic esters (lactones) is 1. The first kappa shape index (κ1) is 12.4. The van der Waals surface area contributed by atoms with E-state index in [2.05, 4.69) is 0 Å². The second-order valence-corrected chi connectivity index (χ2v) is 4.38. The summed E-state index contributed by atoms with van der Waals surface area (Å²) in [6.45, 7) is 3.71. The minimum absolute atomic E-state index is 0.172. The smallest absolute Gasteiger partial charge is 0.343 e. The van der Waals surface area contributed by atoms with Gasteiger partial charge >= 0.3 is 11.9 Å². The van der Waals surface area contributed by atoms with Gasteiger partial charge in [-0.3, -0.25) is 4.79 Å². The Morgan fingerprint density at radius 1 is 1.39 bits per heavy atom. The number of benzene rings is 1. The molecule has 4 nitrogen and oxygen atoms in total. The Morgan fingerprint density at radius 2 is 2.06 bits per heavy atom. The van der Waals surface area contributed by atoms with E-state index >= 15 is 0 Å². The van der Waals surface area contributed by atoms with Crippen molar-refractivity contribution in [1.82, 2.24) is 0 Å². The molecule has 1 fully saturated rings. The maximum atomic E-state index is 11.7. The van der Waals surface area contributed by atoms with Crippen molar-refractivity contribution in [3.05, 3.63) is 47.4 Å². The van der Waals surface area contributed by atoms with Crippen LogP contribution in [0.5, 0.6) is 0 Å². The Kier molecular flexibility index (Phi) is 3.46. The summed E-state index contributed by atoms with van der Waals surface area (Å²) in [5.41, 5.74) is 1.54. The number of allylic oxidation sites excluding steroid dienone is 1. The van der Waals surface area contributed by atoms with Crippen LogP contribution in [0.4, 0.5) is 0 Å². The van der Waals surface area contributed by atoms with Crippen LogP contribution in [-0.4, -0.2) is 11.9 Å². The predicted molar refractivity (Wildman–Crippen MR) is 64.6 cm³/mol. The van der Waals surface area contributed by atoms with Crippen molar-refractivity contribution in [2.75, 3.05) is 0 Å². The van der Waals surface area contributed by atoms with Gasteiger partial charge in [0.2, 0.25) is 0 Å². The van der Waals surface area contributed by atoms with Crippen molar-refractivity contribution in [2.45, 2.75) is 20.3 Å². The Balaban J connectivity index is 1.98. The molecule has 1 aliphatic rings. The average Bonchev–Trinajstić information content (AvgIpc) is 2.67. The highest BCUT2D eigenvalue weighted by Crippen LogP contribution is 2.23. The molecule has 0 saturated carbocycles. The molecule has 2 rings (SSSR count). The van der Waals surface area contributed by atoms with Crippen LogP contribution in [0.2, 0.25) is 0 Å². The first-order valence-corrected chi connectivity index (χ1v) is 5.74. The summed E-state index contributed by atoms with van der Waals surface area (Å²) in [7, 11) is 0. The van der Waals surface area contributed by atoms with Gasteiger partial charge in [-0.05, 0) is 19.1 Å². The van der Waals surface area contributed by atoms with Crippen LogP contribution in [0.25, 0.3) is 0 Å². The normalized spacial score (nSPS) is 20.9. The molecule has 0 unspecified atom stereocenters. The van der Waals surface area contributed by atoms with Gasteiger partial charge in [-0.15, -0.1) is 0 Å². The van der Waals surface area contributed by atoms with Gasteiger partial charge in [-0.25, -0.2) is 4.79 Å². The van der Waals surface area contributed by atoms with Crippen molar-refractivity contribution in [3.8, 4) is 0 Å². The van der Waals surface area contributed by atoms with E-state index in [4.69, 9.17) is 9.47 Å². The SMILES string of the molecule is Cc1ccc(C(=O)O/C=C2\C[C@H](C)C(=O)O2)cc1. The molecular weight excluding hydrogens is 232 g/mol. The molecule has 1 heterocycles. The fourth-order valence-electron chi connectivity index (χ4n) is 1.61. The van der Waals surface area contributed by atoms with E-state index in [1.54, 1.807) is 19.1 Å². The Bertz CT molecular complexity index is 499. The number of carbonyl (C=O) groups is 2. The number of aryl methyl sites for hydroxylation is 1. The van der Waals surface area contributed by atoms with Gasteiger partial charge in [-0.1, -0.05) is 24.6 Å². The Morgan fingerprint density at radius 3 is 2.61 bits per heavy atom. The van der Waals surface area contributed by atoms with E-state index in [1.165, 1.54) is 6.26 Å². The molecule has 0 radical (unpaired) electrons. The van der Waals surface area contributed by atoms with E-state index in [1.807, 2.05) is 19.1 Å². The first-order chi connectivity index (χ1) is 8.56. The van der Waals surface area contributed by atoms with Crippen LogP contribution >= 0.6 is 0 Å². The molecule has 4 heteroatoms. The zero-order valence-corrected chi connectivity index (χ0v) is 10.3. The summed E-state index contributed by atoms with van der Waals surface area (Å²) in [5, 5.41) is 0. The van der Waals surface area contributed by atoms with E-state index in [9.17, 15) is 9.59 Å². The topological polar surface area (TPSA) is 52.6 Å². The standard InChI is InChI=1S/C14H14O4/c1-9-3-5-11(6-4-9)14(16)17-8-12-7-10(2)13(15)18-12/h3-6,8,10H,7H2,1-2H3/b12-8+/t10-/m0/s1. The lowest BCUT2D eigenvalue weighted by atomic mass is 10.1. The molecule has 0 N–H and O–H groups in total. The van der Waals surface area contributed by atoms with Gasteiger partial charge in [0.1, 0.15) is 12.0 Å². The van der Waals surface area contributed by atoms with Gasteiger partial charge in [0, 0.05) is 6.42 Å². The lowest BCUT2D eigenvalue weighted by Crippen LogP contribution is -2.02. The highest BCUT2D eigenvalue weighted by atomic mass is 16.6. The molecule has 0 aromatic heterocycles. The second kappa shape index (κ2) is 5.04. The van der Waals surface area contributed by atoms with E-state index in [0.29, 0.717) is 17.7 Å². The molecule has 94 valence electrons. The van der Waals surface area contributed by atoms with E-state index in [-0.39, 0.29) is 11.9 Å². The molecular formula is C14H14O4. The quantitative estimate of drug-likeness (QED) is 0.594. The Labute approximate surface area is 105 Å². The lowest BCUT2D eigenvalue weighted by Gasteiger charge is -2.01. The van der Waals surface area contributed by atoms with Crippen molar-refractivity contribution in [3.63, 3.8) is 0 Å². The minimum Gasteiger partial charge on any atom is -0.428 e. The second-order valence-electron chi connectivity index (χ2n) is 4.38. The lowest BCUT2D eigenvalue weighted by molar-refractivity contribution is -0.138. The molecule has 0 bridgehead atoms. The minimum atomic E-state index is -0.460. The monoisotopic (exact) mass is 246 g/mol. The van der Waals surface area contributed by atoms with Crippen LogP contribution in [0.3, 0.4) is 0 Å². The van der Waals surface area contributed by atoms with Gasteiger partial charge in [-0.2, -0.15) is 0 Å². The van der Waals surface area contributed by atoms with Gasteiger partial charge in [0.05, 0.1) is 11.5 Å². The summed E-state index contributed by atoms with van der Waals surface area (Å²) >= 11 is 0. The fraction of sp³-hybridized carbons (Fsp3) is 0.286. The van der Waals surface area contributed by atoms with Crippen LogP contribution in [0, 0.1) is 12.8 Å². The number of esters is 2. The van der Waals surface area contributed by atoms with Gasteiger partial charge in [0.15, 0.2) is 0 Å². The van der Waals surface area contributed by atoms with Crippen LogP contribution < -0.4 is 0 Å². The third-order valence-electron chi connectivity index (χ3n) is 2.73. The van der Waals surface area contributed by atoms with E-state index < -0.39 is 5.97 Å². The average molecular weight is 246 g/mol. The van der Waals surface area contributed by atoms with Crippen LogP contribution in [0.1, 0.15) is 29.3 Å². The van der Waals surface area contributed by atoms with E-state index in [0.717, 1.165) is 5.56 Å². The zero-order valence-electron chi connectivity index (χ0n) is 10.3. The van der Waals surface area contributed by atoms with Crippen molar-refractivity contribution >= 4 is 11.9 Å². The largest absolute Gasteiger partial charge is 0.428 e. The summed E-state index contributed by atoms with van der Waals surface area (Å²) in [4.78, 5) is 22.8. The first-order valence-electron chi connectivity index (χ1n) is 5.74. The van der Waals surface area contributed by atoms with Gasteiger partial charge < -0.3 is 9.47 Å². The molecule has 1 atom stereocenters. The van der Waals surface area contributed by atoms with Crippen LogP contribution in [-0.2, 0) is 14.3 Å². The molecule has 1 aromatic carbocycles. The molecule has 0 amide bonds. The third kappa shape index (κ3) is 2.77. The highest BCUT2D eigenvalue weighted by Gasteiger charge is 2.27. The summed E-state index contributed by atoms with van der Waals surface area (Å²) in [6, 6.07) is 7.06. The van der Waals surface area contributed by atoms with Crippen molar-refractivity contribution in [1.29, 1.82) is 0 Å². The highest BCUT2D eigenvalue weighted by molar-refractivity contribution is 5.89. The Hall–Kier alpha value is -2.10. The molecule has 1 aliphatic heterocycles. The van der Waals surface area contributed by atoms with Crippen molar-refractivity contribution in [2.24, 2.45) is 5.92 Å². The number of rotatable bonds is 2. The molecule has 1 saturated heterocycles. The maximum Gasteiger partial charge on any atom is 0.343 e. The number of hydrogen-bond acceptors (Lipinski definition) is 4. The summed E-state index contributed by atoms with van der Waals surface area (Å²) in [5.74, 6) is -0.520. The molecule has 18 heavy (non-hydrogen) atoms. The molecule has 0 spiro atoms. The summed E-state index contributed by atoms with van der Waals surface area (Å²) in [6.07, 6.45) is 1.68. The molecule has 1 aromatic rings. The number of carbonyl (C=O) groups excluding carboxylic acids is 2. The fourth-order valence-corrected chi connectivity index (χ4v) is 1.61. The molecule has 0 aliphatic carbocycles. The zero-order chi connectivity index (χ0) is 13.1. The summed E-state index contributed by atoms with van der Waals surface area (Å²) < 4.78 is 9.89. The van der Waals surface area contributed by atoms with Crippen LogP contribution in [0.15, 0.2) is 36.3 Å². The number of ether oxygens (including phenoxy) is 2. The van der Waals surface area contributed by atoms with Crippen molar-refractivity contribution < 1.29 is 19.1 Å². The number of hydrogen-bond donors (Lipinski definition) is 0. The predicted octanol–water partition coefficient (Wildman–Crippen LogP) is 2.58. The maximum absolute atomic E-state index is 11.7.